The van der Waals surface area contributed by atoms with Crippen LogP contribution in [0.5, 0.6) is 0 Å². The fourth-order valence-corrected chi connectivity index (χ4v) is 3.89. The molecule has 0 saturated heterocycles. The predicted octanol–water partition coefficient (Wildman–Crippen LogP) is 5.17. The van der Waals surface area contributed by atoms with Gasteiger partial charge in [-0.25, -0.2) is 8.42 Å². The molecule has 0 bridgehead atoms. The molecule has 2 aromatic rings. The molecule has 5 heteroatoms. The first-order valence-electron chi connectivity index (χ1n) is 8.20. The zero-order chi connectivity index (χ0) is 16.9. The minimum absolute atomic E-state index is 0.185. The Hall–Kier alpha value is -1.26. The molecule has 0 spiro atoms. The van der Waals surface area contributed by atoms with Crippen molar-refractivity contribution in [1.29, 1.82) is 0 Å². The number of unbranched alkanes of at least 4 members (excludes halogenated alkanes) is 2. The lowest BCUT2D eigenvalue weighted by Crippen LogP contribution is -2.25. The summed E-state index contributed by atoms with van der Waals surface area (Å²) >= 11 is 0. The Kier molecular flexibility index (Phi) is 6.31. The molecule has 0 aliphatic rings. The minimum atomic E-state index is -3.75. The highest BCUT2D eigenvalue weighted by molar-refractivity contribution is 8.14. The average molecular weight is 354 g/mol. The van der Waals surface area contributed by atoms with Crippen LogP contribution in [0.4, 0.5) is 5.69 Å². The van der Waals surface area contributed by atoms with Gasteiger partial charge in [-0.2, -0.15) is 0 Å². The van der Waals surface area contributed by atoms with E-state index in [4.69, 9.17) is 10.7 Å². The molecular formula is C18H24ClNO2S. The lowest BCUT2D eigenvalue weighted by molar-refractivity contribution is 0.610. The summed E-state index contributed by atoms with van der Waals surface area (Å²) in [4.78, 5) is 2.55. The van der Waals surface area contributed by atoms with Crippen LogP contribution in [0.15, 0.2) is 41.3 Å². The zero-order valence-electron chi connectivity index (χ0n) is 13.8. The summed E-state index contributed by atoms with van der Waals surface area (Å²) in [6.45, 7) is 6.32. The van der Waals surface area contributed by atoms with Gasteiger partial charge in [-0.05, 0) is 25.0 Å². The second-order valence-electron chi connectivity index (χ2n) is 5.76. The summed E-state index contributed by atoms with van der Waals surface area (Å²) in [7, 11) is 1.84. The number of benzene rings is 2. The van der Waals surface area contributed by atoms with Crippen molar-refractivity contribution in [2.24, 2.45) is 0 Å². The van der Waals surface area contributed by atoms with Crippen LogP contribution in [-0.4, -0.2) is 21.5 Å². The summed E-state index contributed by atoms with van der Waals surface area (Å²) in [5, 5.41) is 1.64. The summed E-state index contributed by atoms with van der Waals surface area (Å²) in [5.74, 6) is 0. The van der Waals surface area contributed by atoms with Crippen LogP contribution < -0.4 is 4.90 Å². The molecule has 0 unspecified atom stereocenters. The molecule has 0 aromatic heterocycles. The lowest BCUT2D eigenvalue weighted by Gasteiger charge is -2.26. The Morgan fingerprint density at radius 3 is 2.04 bits per heavy atom. The van der Waals surface area contributed by atoms with Gasteiger partial charge in [0, 0.05) is 40.2 Å². The van der Waals surface area contributed by atoms with Gasteiger partial charge >= 0.3 is 0 Å². The van der Waals surface area contributed by atoms with Gasteiger partial charge in [-0.1, -0.05) is 51.0 Å². The number of halogens is 1. The highest BCUT2D eigenvalue weighted by atomic mass is 35.7. The monoisotopic (exact) mass is 353 g/mol. The summed E-state index contributed by atoms with van der Waals surface area (Å²) < 4.78 is 23.6. The van der Waals surface area contributed by atoms with E-state index in [9.17, 15) is 8.42 Å². The van der Waals surface area contributed by atoms with Gasteiger partial charge in [0.15, 0.2) is 0 Å². The van der Waals surface area contributed by atoms with Crippen molar-refractivity contribution in [2.75, 3.05) is 18.0 Å². The smallest absolute Gasteiger partial charge is 0.261 e. The number of anilines is 1. The maximum absolute atomic E-state index is 11.8. The second-order valence-corrected chi connectivity index (χ2v) is 8.29. The highest BCUT2D eigenvalue weighted by Gasteiger charge is 2.17. The van der Waals surface area contributed by atoms with E-state index in [1.165, 1.54) is 0 Å². The standard InChI is InChI=1S/C18H24ClNO2S/c1-3-5-13-20(14-6-4-2)17-11-7-10-16-15(17)9-8-12-18(16)23(19,21)22/h7-12H,3-6,13-14H2,1-2H3. The van der Waals surface area contributed by atoms with Crippen molar-refractivity contribution in [3.63, 3.8) is 0 Å². The van der Waals surface area contributed by atoms with Gasteiger partial charge in [-0.15, -0.1) is 0 Å². The van der Waals surface area contributed by atoms with Gasteiger partial charge in [0.2, 0.25) is 0 Å². The SMILES string of the molecule is CCCCN(CCCC)c1cccc2c(S(=O)(=O)Cl)cccc12. The zero-order valence-corrected chi connectivity index (χ0v) is 15.3. The van der Waals surface area contributed by atoms with Crippen LogP contribution in [0.3, 0.4) is 0 Å². The largest absolute Gasteiger partial charge is 0.371 e. The maximum atomic E-state index is 11.8. The molecular weight excluding hydrogens is 330 g/mol. The van der Waals surface area contributed by atoms with Crippen LogP contribution in [0.1, 0.15) is 39.5 Å². The molecule has 0 N–H and O–H groups in total. The Morgan fingerprint density at radius 1 is 0.913 bits per heavy atom. The van der Waals surface area contributed by atoms with Crippen molar-refractivity contribution >= 4 is 36.2 Å². The summed E-state index contributed by atoms with van der Waals surface area (Å²) in [6.07, 6.45) is 4.50. The van der Waals surface area contributed by atoms with Crippen molar-refractivity contribution < 1.29 is 8.42 Å². The Bertz CT molecular complexity index is 751. The molecule has 0 fully saturated rings. The first-order chi connectivity index (χ1) is 11.0. The number of hydrogen-bond donors (Lipinski definition) is 0. The Morgan fingerprint density at radius 2 is 1.48 bits per heavy atom. The topological polar surface area (TPSA) is 37.4 Å². The number of nitrogens with zero attached hydrogens (tertiary/aromatic N) is 1. The van der Waals surface area contributed by atoms with Gasteiger partial charge in [0.25, 0.3) is 9.05 Å². The van der Waals surface area contributed by atoms with E-state index >= 15 is 0 Å². The van der Waals surface area contributed by atoms with E-state index in [-0.39, 0.29) is 4.90 Å². The third-order valence-electron chi connectivity index (χ3n) is 4.03. The summed E-state index contributed by atoms with van der Waals surface area (Å²) in [5.41, 5.74) is 1.09. The van der Waals surface area contributed by atoms with Crippen LogP contribution in [0.2, 0.25) is 0 Å². The van der Waals surface area contributed by atoms with Gasteiger partial charge < -0.3 is 4.90 Å². The molecule has 0 aliphatic carbocycles. The van der Waals surface area contributed by atoms with Crippen LogP contribution in [0.25, 0.3) is 10.8 Å². The maximum Gasteiger partial charge on any atom is 0.261 e. The van der Waals surface area contributed by atoms with E-state index in [1.54, 1.807) is 12.1 Å². The van der Waals surface area contributed by atoms with Gasteiger partial charge in [-0.3, -0.25) is 0 Å². The predicted molar refractivity (Wildman–Crippen MR) is 99.0 cm³/mol. The van der Waals surface area contributed by atoms with Crippen molar-refractivity contribution in [1.82, 2.24) is 0 Å². The molecule has 2 rings (SSSR count). The Balaban J connectivity index is 2.54. The van der Waals surface area contributed by atoms with E-state index in [0.717, 1.165) is 49.8 Å². The fraction of sp³-hybridized carbons (Fsp3) is 0.444. The third kappa shape index (κ3) is 4.39. The van der Waals surface area contributed by atoms with Crippen molar-refractivity contribution in [3.05, 3.63) is 36.4 Å². The van der Waals surface area contributed by atoms with E-state index < -0.39 is 9.05 Å². The highest BCUT2D eigenvalue weighted by Crippen LogP contribution is 2.32. The molecule has 0 atom stereocenters. The minimum Gasteiger partial charge on any atom is -0.371 e. The van der Waals surface area contributed by atoms with Crippen molar-refractivity contribution in [2.45, 2.75) is 44.4 Å². The van der Waals surface area contributed by atoms with Crippen LogP contribution in [0, 0.1) is 0 Å². The molecule has 0 heterocycles. The summed E-state index contributed by atoms with van der Waals surface area (Å²) in [6, 6.07) is 11.1. The molecule has 3 nitrogen and oxygen atoms in total. The fourth-order valence-electron chi connectivity index (χ4n) is 2.80. The first-order valence-corrected chi connectivity index (χ1v) is 10.5. The lowest BCUT2D eigenvalue weighted by atomic mass is 10.1. The molecule has 0 aliphatic heterocycles. The number of hydrogen-bond acceptors (Lipinski definition) is 3. The van der Waals surface area contributed by atoms with Gasteiger partial charge in [0.1, 0.15) is 0 Å². The van der Waals surface area contributed by atoms with E-state index in [2.05, 4.69) is 24.8 Å². The van der Waals surface area contributed by atoms with E-state index in [1.807, 2.05) is 18.2 Å². The average Bonchev–Trinajstić information content (AvgIpc) is 2.53. The first kappa shape index (κ1) is 18.1. The molecule has 0 amide bonds. The Labute approximate surface area is 143 Å². The molecule has 126 valence electrons. The van der Waals surface area contributed by atoms with Crippen LogP contribution >= 0.6 is 10.7 Å². The third-order valence-corrected chi connectivity index (χ3v) is 5.41. The molecule has 0 saturated carbocycles. The normalized spacial score (nSPS) is 11.8. The number of fused-ring (bicyclic) bond motifs is 1. The van der Waals surface area contributed by atoms with Crippen LogP contribution in [-0.2, 0) is 9.05 Å². The molecule has 23 heavy (non-hydrogen) atoms. The van der Waals surface area contributed by atoms with Gasteiger partial charge in [0.05, 0.1) is 4.90 Å². The molecule has 2 aromatic carbocycles. The number of rotatable bonds is 8. The van der Waals surface area contributed by atoms with Crippen molar-refractivity contribution in [3.8, 4) is 0 Å². The van der Waals surface area contributed by atoms with E-state index in [0.29, 0.717) is 5.39 Å². The quantitative estimate of drug-likeness (QED) is 0.614. The second kappa shape index (κ2) is 8.02. The molecule has 0 radical (unpaired) electrons.